The van der Waals surface area contributed by atoms with E-state index in [4.69, 9.17) is 10.5 Å². The van der Waals surface area contributed by atoms with Gasteiger partial charge < -0.3 is 10.5 Å². The maximum absolute atomic E-state index is 12.8. The Kier molecular flexibility index (Phi) is 6.06. The Morgan fingerprint density at radius 1 is 1.24 bits per heavy atom. The SMILES string of the molecule is Cc1cc(-c2ccnc(C(F)F)c2)ncc1OC[C@@](C)(N)CC(C)C. The summed E-state index contributed by atoms with van der Waals surface area (Å²) in [6.07, 6.45) is 1.22. The van der Waals surface area contributed by atoms with E-state index in [1.165, 1.54) is 12.3 Å². The van der Waals surface area contributed by atoms with Gasteiger partial charge in [0.15, 0.2) is 0 Å². The van der Waals surface area contributed by atoms with Crippen LogP contribution in [0.15, 0.2) is 30.6 Å². The number of pyridine rings is 2. The van der Waals surface area contributed by atoms with Crippen LogP contribution in [0.5, 0.6) is 5.75 Å². The number of halogens is 2. The fraction of sp³-hybridized carbons (Fsp3) is 0.474. The Balaban J connectivity index is 2.14. The Morgan fingerprint density at radius 2 is 1.96 bits per heavy atom. The standard InChI is InChI=1S/C19H25F2N3O/c1-12(2)9-19(4,22)11-25-17-10-24-15(7-13(17)3)14-5-6-23-16(8-14)18(20)21/h5-8,10,12,18H,9,11,22H2,1-4H3/t19-/m0/s1. The molecular weight excluding hydrogens is 324 g/mol. The maximum Gasteiger partial charge on any atom is 0.280 e. The summed E-state index contributed by atoms with van der Waals surface area (Å²) in [5.41, 5.74) is 7.66. The molecule has 6 heteroatoms. The Hall–Kier alpha value is -2.08. The summed E-state index contributed by atoms with van der Waals surface area (Å²) in [6.45, 7) is 8.49. The third-order valence-electron chi connectivity index (χ3n) is 3.80. The molecule has 2 N–H and O–H groups in total. The smallest absolute Gasteiger partial charge is 0.280 e. The number of aryl methyl sites for hydroxylation is 1. The number of nitrogens with zero attached hydrogens (tertiary/aromatic N) is 2. The molecule has 0 unspecified atom stereocenters. The molecule has 0 bridgehead atoms. The van der Waals surface area contributed by atoms with Crippen molar-refractivity contribution in [1.29, 1.82) is 0 Å². The molecule has 2 heterocycles. The molecule has 0 aliphatic heterocycles. The van der Waals surface area contributed by atoms with E-state index in [9.17, 15) is 8.78 Å². The Labute approximate surface area is 147 Å². The van der Waals surface area contributed by atoms with Gasteiger partial charge in [0.05, 0.1) is 11.9 Å². The number of hydrogen-bond acceptors (Lipinski definition) is 4. The molecule has 0 aromatic carbocycles. The Bertz CT molecular complexity index is 718. The van der Waals surface area contributed by atoms with Crippen molar-refractivity contribution >= 4 is 0 Å². The van der Waals surface area contributed by atoms with Crippen LogP contribution >= 0.6 is 0 Å². The minimum Gasteiger partial charge on any atom is -0.490 e. The molecule has 2 rings (SSSR count). The van der Waals surface area contributed by atoms with Gasteiger partial charge in [0.2, 0.25) is 0 Å². The minimum absolute atomic E-state index is 0.259. The van der Waals surface area contributed by atoms with E-state index in [0.29, 0.717) is 29.5 Å². The molecule has 0 radical (unpaired) electrons. The highest BCUT2D eigenvalue weighted by atomic mass is 19.3. The summed E-state index contributed by atoms with van der Waals surface area (Å²) < 4.78 is 31.4. The molecule has 4 nitrogen and oxygen atoms in total. The fourth-order valence-corrected chi connectivity index (χ4v) is 2.81. The van der Waals surface area contributed by atoms with Crippen molar-refractivity contribution in [2.24, 2.45) is 11.7 Å². The van der Waals surface area contributed by atoms with Crippen LogP contribution in [-0.2, 0) is 0 Å². The van der Waals surface area contributed by atoms with Crippen molar-refractivity contribution in [2.45, 2.75) is 46.1 Å². The van der Waals surface area contributed by atoms with Crippen LogP contribution in [0.25, 0.3) is 11.3 Å². The topological polar surface area (TPSA) is 61.0 Å². The fourth-order valence-electron chi connectivity index (χ4n) is 2.81. The lowest BCUT2D eigenvalue weighted by atomic mass is 9.93. The van der Waals surface area contributed by atoms with E-state index in [-0.39, 0.29) is 5.69 Å². The predicted molar refractivity (Wildman–Crippen MR) is 94.7 cm³/mol. The van der Waals surface area contributed by atoms with Crippen LogP contribution in [-0.4, -0.2) is 22.1 Å². The predicted octanol–water partition coefficient (Wildman–Crippen LogP) is 4.53. The van der Waals surface area contributed by atoms with Crippen molar-refractivity contribution in [3.63, 3.8) is 0 Å². The quantitative estimate of drug-likeness (QED) is 0.798. The molecule has 0 fully saturated rings. The van der Waals surface area contributed by atoms with Gasteiger partial charge in [0.25, 0.3) is 6.43 Å². The molecule has 136 valence electrons. The van der Waals surface area contributed by atoms with Crippen molar-refractivity contribution in [3.8, 4) is 17.0 Å². The summed E-state index contributed by atoms with van der Waals surface area (Å²) in [4.78, 5) is 8.00. The first-order valence-electron chi connectivity index (χ1n) is 8.31. The van der Waals surface area contributed by atoms with E-state index in [1.54, 1.807) is 12.3 Å². The van der Waals surface area contributed by atoms with Crippen LogP contribution in [0.2, 0.25) is 0 Å². The molecule has 2 aromatic rings. The van der Waals surface area contributed by atoms with Gasteiger partial charge in [-0.1, -0.05) is 13.8 Å². The third kappa shape index (κ3) is 5.46. The first kappa shape index (κ1) is 19.2. The van der Waals surface area contributed by atoms with E-state index in [2.05, 4.69) is 23.8 Å². The van der Waals surface area contributed by atoms with Crippen molar-refractivity contribution < 1.29 is 13.5 Å². The molecule has 0 aliphatic rings. The number of aromatic nitrogens is 2. The minimum atomic E-state index is -2.60. The molecule has 1 atom stereocenters. The van der Waals surface area contributed by atoms with Gasteiger partial charge in [0, 0.05) is 17.3 Å². The van der Waals surface area contributed by atoms with E-state index in [1.807, 2.05) is 19.9 Å². The van der Waals surface area contributed by atoms with Gasteiger partial charge in [-0.2, -0.15) is 0 Å². The van der Waals surface area contributed by atoms with E-state index < -0.39 is 12.0 Å². The number of hydrogen-bond donors (Lipinski definition) is 1. The van der Waals surface area contributed by atoms with Crippen LogP contribution < -0.4 is 10.5 Å². The lowest BCUT2D eigenvalue weighted by molar-refractivity contribution is 0.146. The summed E-state index contributed by atoms with van der Waals surface area (Å²) in [6, 6.07) is 4.83. The molecular formula is C19H25F2N3O. The van der Waals surface area contributed by atoms with Gasteiger partial charge in [0.1, 0.15) is 18.1 Å². The van der Waals surface area contributed by atoms with Crippen molar-refractivity contribution in [3.05, 3.63) is 41.9 Å². The largest absolute Gasteiger partial charge is 0.490 e. The van der Waals surface area contributed by atoms with Gasteiger partial charge in [-0.25, -0.2) is 8.78 Å². The van der Waals surface area contributed by atoms with Gasteiger partial charge in [-0.3, -0.25) is 9.97 Å². The van der Waals surface area contributed by atoms with Gasteiger partial charge in [-0.15, -0.1) is 0 Å². The average Bonchev–Trinajstić information content (AvgIpc) is 2.52. The van der Waals surface area contributed by atoms with E-state index in [0.717, 1.165) is 12.0 Å². The monoisotopic (exact) mass is 349 g/mol. The first-order valence-corrected chi connectivity index (χ1v) is 8.31. The summed E-state index contributed by atoms with van der Waals surface area (Å²) in [5.74, 6) is 1.13. The lowest BCUT2D eigenvalue weighted by Crippen LogP contribution is -2.43. The zero-order valence-electron chi connectivity index (χ0n) is 15.1. The first-order chi connectivity index (χ1) is 11.7. The highest BCUT2D eigenvalue weighted by molar-refractivity contribution is 5.61. The summed E-state index contributed by atoms with van der Waals surface area (Å²) in [7, 11) is 0. The third-order valence-corrected chi connectivity index (χ3v) is 3.80. The lowest BCUT2D eigenvalue weighted by Gasteiger charge is -2.27. The van der Waals surface area contributed by atoms with Crippen molar-refractivity contribution in [1.82, 2.24) is 9.97 Å². The molecule has 0 saturated carbocycles. The Morgan fingerprint density at radius 3 is 2.56 bits per heavy atom. The van der Waals surface area contributed by atoms with Gasteiger partial charge in [-0.05, 0) is 49.9 Å². The number of rotatable bonds is 7. The van der Waals surface area contributed by atoms with Crippen LogP contribution in [0.4, 0.5) is 8.78 Å². The zero-order valence-corrected chi connectivity index (χ0v) is 15.1. The van der Waals surface area contributed by atoms with E-state index >= 15 is 0 Å². The maximum atomic E-state index is 12.8. The highest BCUT2D eigenvalue weighted by Crippen LogP contribution is 2.27. The second-order valence-corrected chi connectivity index (χ2v) is 7.15. The second-order valence-electron chi connectivity index (χ2n) is 7.15. The molecule has 0 saturated heterocycles. The second kappa shape index (κ2) is 7.87. The van der Waals surface area contributed by atoms with Crippen molar-refractivity contribution in [2.75, 3.05) is 6.61 Å². The molecule has 0 aliphatic carbocycles. The highest BCUT2D eigenvalue weighted by Gasteiger charge is 2.21. The molecule has 0 amide bonds. The van der Waals surface area contributed by atoms with Crippen LogP contribution in [0, 0.1) is 12.8 Å². The normalized spacial score (nSPS) is 14.0. The number of nitrogens with two attached hydrogens (primary N) is 1. The molecule has 25 heavy (non-hydrogen) atoms. The van der Waals surface area contributed by atoms with Gasteiger partial charge >= 0.3 is 0 Å². The number of alkyl halides is 2. The van der Waals surface area contributed by atoms with Crippen LogP contribution in [0.3, 0.4) is 0 Å². The molecule has 0 spiro atoms. The summed E-state index contributed by atoms with van der Waals surface area (Å²) >= 11 is 0. The number of ether oxygens (including phenoxy) is 1. The average molecular weight is 349 g/mol. The zero-order chi connectivity index (χ0) is 18.6. The summed E-state index contributed by atoms with van der Waals surface area (Å²) in [5, 5.41) is 0. The van der Waals surface area contributed by atoms with Crippen LogP contribution in [0.1, 0.15) is 44.9 Å². The molecule has 2 aromatic heterocycles.